The maximum atomic E-state index is 11.3. The first-order valence-corrected chi connectivity index (χ1v) is 7.37. The fourth-order valence-electron chi connectivity index (χ4n) is 2.54. The van der Waals surface area contributed by atoms with Crippen LogP contribution >= 0.6 is 11.3 Å². The number of hydrogen-bond acceptors (Lipinski definition) is 4. The van der Waals surface area contributed by atoms with Gasteiger partial charge < -0.3 is 9.67 Å². The first-order chi connectivity index (χ1) is 10.1. The third kappa shape index (κ3) is 2.50. The van der Waals surface area contributed by atoms with Gasteiger partial charge in [-0.15, -0.1) is 0 Å². The van der Waals surface area contributed by atoms with Gasteiger partial charge in [0.1, 0.15) is 0 Å². The lowest BCUT2D eigenvalue weighted by Crippen LogP contribution is -2.00. The fourth-order valence-corrected chi connectivity index (χ4v) is 3.28. The van der Waals surface area contributed by atoms with Crippen LogP contribution in [-0.4, -0.2) is 19.6 Å². The van der Waals surface area contributed by atoms with Gasteiger partial charge >= 0.3 is 4.87 Å². The Kier molecular flexibility index (Phi) is 3.39. The molecule has 108 valence electrons. The van der Waals surface area contributed by atoms with Crippen molar-refractivity contribution in [2.24, 2.45) is 0 Å². The number of hydrogen-bond donors (Lipinski definition) is 2. The zero-order chi connectivity index (χ0) is 15.0. The SMILES string of the molecule is Cc1cc(Cc2sc(=O)[nH]c2O)c(C)n1-c1cccnc1. The Morgan fingerprint density at radius 1 is 1.43 bits per heavy atom. The molecule has 6 heteroatoms. The van der Waals surface area contributed by atoms with E-state index in [-0.39, 0.29) is 10.8 Å². The number of pyridine rings is 1. The molecule has 0 radical (unpaired) electrons. The molecule has 3 aromatic rings. The summed E-state index contributed by atoms with van der Waals surface area (Å²) in [6.07, 6.45) is 4.10. The molecular weight excluding hydrogens is 286 g/mol. The normalized spacial score (nSPS) is 11.0. The Bertz CT molecular complexity index is 830. The molecule has 3 aromatic heterocycles. The average molecular weight is 301 g/mol. The molecule has 0 fully saturated rings. The molecule has 3 rings (SSSR count). The number of aromatic nitrogens is 3. The number of H-pyrrole nitrogens is 1. The third-order valence-corrected chi connectivity index (χ3v) is 4.36. The number of nitrogens with zero attached hydrogens (tertiary/aromatic N) is 2. The second-order valence-electron chi connectivity index (χ2n) is 4.91. The quantitative estimate of drug-likeness (QED) is 0.781. The van der Waals surface area contributed by atoms with Crippen LogP contribution in [-0.2, 0) is 6.42 Å². The predicted octanol–water partition coefficient (Wildman–Crippen LogP) is 2.54. The molecule has 0 bridgehead atoms. The summed E-state index contributed by atoms with van der Waals surface area (Å²) in [5.74, 6) is -0.0313. The van der Waals surface area contributed by atoms with Crippen LogP contribution < -0.4 is 4.87 Å². The van der Waals surface area contributed by atoms with Crippen LogP contribution in [0.25, 0.3) is 5.69 Å². The average Bonchev–Trinajstić information content (AvgIpc) is 2.91. The molecule has 5 nitrogen and oxygen atoms in total. The lowest BCUT2D eigenvalue weighted by atomic mass is 10.1. The lowest BCUT2D eigenvalue weighted by molar-refractivity contribution is 0.451. The molecule has 0 aromatic carbocycles. The maximum Gasteiger partial charge on any atom is 0.307 e. The highest BCUT2D eigenvalue weighted by atomic mass is 32.1. The number of aromatic amines is 1. The van der Waals surface area contributed by atoms with E-state index in [1.807, 2.05) is 32.2 Å². The molecule has 0 atom stereocenters. The Hall–Kier alpha value is -2.34. The zero-order valence-corrected chi connectivity index (χ0v) is 12.6. The Morgan fingerprint density at radius 3 is 2.86 bits per heavy atom. The van der Waals surface area contributed by atoms with Gasteiger partial charge in [0.15, 0.2) is 0 Å². The number of nitrogens with one attached hydrogen (secondary N) is 1. The van der Waals surface area contributed by atoms with Crippen molar-refractivity contribution in [3.63, 3.8) is 0 Å². The minimum Gasteiger partial charge on any atom is -0.494 e. The summed E-state index contributed by atoms with van der Waals surface area (Å²) in [5, 5.41) is 9.71. The van der Waals surface area contributed by atoms with Crippen LogP contribution in [0.3, 0.4) is 0 Å². The van der Waals surface area contributed by atoms with Crippen LogP contribution in [0.2, 0.25) is 0 Å². The first-order valence-electron chi connectivity index (χ1n) is 6.55. The first kappa shape index (κ1) is 13.6. The summed E-state index contributed by atoms with van der Waals surface area (Å²) < 4.78 is 2.12. The van der Waals surface area contributed by atoms with Crippen LogP contribution in [0.1, 0.15) is 21.8 Å². The van der Waals surface area contributed by atoms with Crippen molar-refractivity contribution in [2.45, 2.75) is 20.3 Å². The van der Waals surface area contributed by atoms with Gasteiger partial charge in [-0.2, -0.15) is 0 Å². The Labute approximate surface area is 125 Å². The summed E-state index contributed by atoms with van der Waals surface area (Å²) in [6, 6.07) is 5.98. The van der Waals surface area contributed by atoms with Gasteiger partial charge in [-0.25, -0.2) is 0 Å². The van der Waals surface area contributed by atoms with Crippen molar-refractivity contribution >= 4 is 11.3 Å². The monoisotopic (exact) mass is 301 g/mol. The van der Waals surface area contributed by atoms with Gasteiger partial charge in [0.2, 0.25) is 5.88 Å². The molecule has 0 aliphatic heterocycles. The summed E-state index contributed by atoms with van der Waals surface area (Å²) in [4.78, 5) is 18.2. The van der Waals surface area contributed by atoms with Gasteiger partial charge in [0, 0.05) is 24.0 Å². The minimum atomic E-state index is -0.233. The molecular formula is C15H15N3O2S. The third-order valence-electron chi connectivity index (χ3n) is 3.49. The lowest BCUT2D eigenvalue weighted by Gasteiger charge is -2.09. The Morgan fingerprint density at radius 2 is 2.24 bits per heavy atom. The van der Waals surface area contributed by atoms with Crippen LogP contribution in [0, 0.1) is 13.8 Å². The second kappa shape index (κ2) is 5.21. The topological polar surface area (TPSA) is 70.9 Å². The fraction of sp³-hybridized carbons (Fsp3) is 0.200. The van der Waals surface area contributed by atoms with Gasteiger partial charge in [0.25, 0.3) is 0 Å². The van der Waals surface area contributed by atoms with E-state index in [0.717, 1.165) is 34.0 Å². The van der Waals surface area contributed by atoms with Crippen molar-refractivity contribution in [3.05, 3.63) is 62.1 Å². The van der Waals surface area contributed by atoms with Gasteiger partial charge in [-0.05, 0) is 37.6 Å². The van der Waals surface area contributed by atoms with E-state index >= 15 is 0 Å². The smallest absolute Gasteiger partial charge is 0.307 e. The van der Waals surface area contributed by atoms with Gasteiger partial charge in [-0.3, -0.25) is 14.8 Å². The van der Waals surface area contributed by atoms with E-state index in [4.69, 9.17) is 0 Å². The molecule has 0 spiro atoms. The summed E-state index contributed by atoms with van der Waals surface area (Å²) >= 11 is 1.05. The molecule has 0 amide bonds. The van der Waals surface area contributed by atoms with Crippen molar-refractivity contribution in [3.8, 4) is 11.6 Å². The van der Waals surface area contributed by atoms with Crippen LogP contribution in [0.5, 0.6) is 5.88 Å². The van der Waals surface area contributed by atoms with Crippen LogP contribution in [0.15, 0.2) is 35.4 Å². The van der Waals surface area contributed by atoms with E-state index in [1.54, 1.807) is 6.20 Å². The standard InChI is InChI=1S/C15H15N3O2S/c1-9-6-11(7-13-14(19)17-15(20)21-13)10(2)18(9)12-4-3-5-16-8-12/h3-6,8,19H,7H2,1-2H3,(H,17,20). The highest BCUT2D eigenvalue weighted by Gasteiger charge is 2.14. The Balaban J connectivity index is 2.02. The molecule has 2 N–H and O–H groups in total. The minimum absolute atomic E-state index is 0.0313. The highest BCUT2D eigenvalue weighted by Crippen LogP contribution is 2.26. The largest absolute Gasteiger partial charge is 0.494 e. The van der Waals surface area contributed by atoms with E-state index in [2.05, 4.69) is 20.6 Å². The number of rotatable bonds is 3. The molecule has 3 heterocycles. The highest BCUT2D eigenvalue weighted by molar-refractivity contribution is 7.09. The van der Waals surface area contributed by atoms with Gasteiger partial charge in [-0.1, -0.05) is 11.3 Å². The van der Waals surface area contributed by atoms with E-state index < -0.39 is 0 Å². The van der Waals surface area contributed by atoms with Crippen molar-refractivity contribution in [1.82, 2.24) is 14.5 Å². The summed E-state index contributed by atoms with van der Waals surface area (Å²) in [6.45, 7) is 4.06. The molecule has 0 aliphatic carbocycles. The van der Waals surface area contributed by atoms with Crippen LogP contribution in [0.4, 0.5) is 0 Å². The summed E-state index contributed by atoms with van der Waals surface area (Å²) in [7, 11) is 0. The van der Waals surface area contributed by atoms with Crippen molar-refractivity contribution in [1.29, 1.82) is 0 Å². The van der Waals surface area contributed by atoms with Crippen molar-refractivity contribution in [2.75, 3.05) is 0 Å². The second-order valence-corrected chi connectivity index (χ2v) is 5.97. The number of thiazole rings is 1. The van der Waals surface area contributed by atoms with E-state index in [9.17, 15) is 9.90 Å². The molecule has 0 saturated heterocycles. The van der Waals surface area contributed by atoms with Gasteiger partial charge in [0.05, 0.1) is 16.8 Å². The number of aryl methyl sites for hydroxylation is 1. The number of aromatic hydroxyl groups is 1. The van der Waals surface area contributed by atoms with E-state index in [0.29, 0.717) is 11.3 Å². The molecule has 0 saturated carbocycles. The molecule has 0 unspecified atom stereocenters. The molecule has 21 heavy (non-hydrogen) atoms. The zero-order valence-electron chi connectivity index (χ0n) is 11.8. The van der Waals surface area contributed by atoms with Crippen molar-refractivity contribution < 1.29 is 5.11 Å². The summed E-state index contributed by atoms with van der Waals surface area (Å²) in [5.41, 5.74) is 4.27. The maximum absolute atomic E-state index is 11.3. The predicted molar refractivity (Wildman–Crippen MR) is 82.4 cm³/mol. The van der Waals surface area contributed by atoms with E-state index in [1.165, 1.54) is 0 Å². The molecule has 0 aliphatic rings.